The number of aliphatic carboxylic acids is 1. The normalized spacial score (nSPS) is 21.1. The van der Waals surface area contributed by atoms with Crippen molar-refractivity contribution in [1.29, 1.82) is 0 Å². The first-order chi connectivity index (χ1) is 13.6. The molecule has 1 atom stereocenters. The van der Waals surface area contributed by atoms with Gasteiger partial charge in [-0.05, 0) is 57.8 Å². The van der Waals surface area contributed by atoms with Gasteiger partial charge in [0.2, 0.25) is 5.78 Å². The largest absolute Gasteiger partial charge is 0.481 e. The Bertz CT molecular complexity index is 606. The zero-order valence-corrected chi connectivity index (χ0v) is 20.4. The molecule has 0 aromatic carbocycles. The van der Waals surface area contributed by atoms with E-state index in [2.05, 4.69) is 26.6 Å². The maximum Gasteiger partial charge on any atom is 0.303 e. The van der Waals surface area contributed by atoms with Crippen LogP contribution in [0.15, 0.2) is 22.8 Å². The van der Waals surface area contributed by atoms with Gasteiger partial charge >= 0.3 is 5.97 Å². The SMILES string of the molecule is CCCCCCCCC1(O[Si](C)(C)C)C=C(Cl)C(=O)/C1=C\CCCCCC(=O)O. The summed E-state index contributed by atoms with van der Waals surface area (Å²) in [5.41, 5.74) is 0.00139. The average Bonchev–Trinajstić information content (AvgIpc) is 2.83. The van der Waals surface area contributed by atoms with E-state index in [0.717, 1.165) is 38.5 Å². The topological polar surface area (TPSA) is 63.6 Å². The highest BCUT2D eigenvalue weighted by molar-refractivity contribution is 6.70. The maximum atomic E-state index is 12.8. The van der Waals surface area contributed by atoms with E-state index in [-0.39, 0.29) is 17.2 Å². The van der Waals surface area contributed by atoms with Crippen molar-refractivity contribution >= 4 is 31.7 Å². The molecule has 0 fully saturated rings. The van der Waals surface area contributed by atoms with E-state index in [4.69, 9.17) is 21.1 Å². The molecule has 4 nitrogen and oxygen atoms in total. The summed E-state index contributed by atoms with van der Waals surface area (Å²) in [7, 11) is -1.91. The standard InChI is InChI=1S/C23H39ClO4Si/c1-5-6-7-8-11-14-17-23(28-29(2,3)4)18-20(24)22(27)19(23)15-12-9-10-13-16-21(25)26/h15,18H,5-14,16-17H2,1-4H3,(H,25,26)/b19-15+. The van der Waals surface area contributed by atoms with E-state index in [1.165, 1.54) is 25.7 Å². The number of rotatable bonds is 15. The van der Waals surface area contributed by atoms with E-state index < -0.39 is 19.9 Å². The summed E-state index contributed by atoms with van der Waals surface area (Å²) >= 11 is 6.29. The molecule has 6 heteroatoms. The number of carboxylic acid groups (broad SMARTS) is 1. The number of carbonyl (C=O) groups excluding carboxylic acids is 1. The van der Waals surface area contributed by atoms with Gasteiger partial charge in [-0.1, -0.05) is 63.1 Å². The Labute approximate surface area is 182 Å². The Morgan fingerprint density at radius 2 is 1.72 bits per heavy atom. The number of unbranched alkanes of at least 4 members (excludes halogenated alkanes) is 8. The maximum absolute atomic E-state index is 12.8. The Morgan fingerprint density at radius 1 is 1.10 bits per heavy atom. The fraction of sp³-hybridized carbons (Fsp3) is 0.739. The quantitative estimate of drug-likeness (QED) is 0.168. The summed E-state index contributed by atoms with van der Waals surface area (Å²) in [6, 6.07) is 0. The average molecular weight is 443 g/mol. The van der Waals surface area contributed by atoms with Crippen molar-refractivity contribution in [3.8, 4) is 0 Å². The van der Waals surface area contributed by atoms with Crippen molar-refractivity contribution in [2.24, 2.45) is 0 Å². The lowest BCUT2D eigenvalue weighted by molar-refractivity contribution is -0.137. The molecule has 1 unspecified atom stereocenters. The highest BCUT2D eigenvalue weighted by atomic mass is 35.5. The third-order valence-corrected chi connectivity index (χ3v) is 6.37. The van der Waals surface area contributed by atoms with Crippen LogP contribution in [0.25, 0.3) is 0 Å². The summed E-state index contributed by atoms with van der Waals surface area (Å²) in [4.78, 5) is 23.4. The summed E-state index contributed by atoms with van der Waals surface area (Å²) in [5, 5.41) is 9.01. The highest BCUT2D eigenvalue weighted by Gasteiger charge is 2.45. The van der Waals surface area contributed by atoms with Gasteiger partial charge in [0.25, 0.3) is 0 Å². The number of hydrogen-bond donors (Lipinski definition) is 1. The van der Waals surface area contributed by atoms with Gasteiger partial charge < -0.3 is 9.53 Å². The fourth-order valence-electron chi connectivity index (χ4n) is 3.83. The molecule has 1 rings (SSSR count). The Balaban J connectivity index is 2.82. The minimum atomic E-state index is -1.91. The van der Waals surface area contributed by atoms with Crippen LogP contribution < -0.4 is 0 Å². The first-order valence-corrected chi connectivity index (χ1v) is 15.0. The Kier molecular flexibility index (Phi) is 11.4. The van der Waals surface area contributed by atoms with Crippen LogP contribution in [-0.2, 0) is 14.0 Å². The van der Waals surface area contributed by atoms with Crippen LogP contribution >= 0.6 is 11.6 Å². The van der Waals surface area contributed by atoms with Crippen LogP contribution in [0, 0.1) is 0 Å². The minimum Gasteiger partial charge on any atom is -0.481 e. The summed E-state index contributed by atoms with van der Waals surface area (Å²) in [6.07, 6.45) is 15.1. The Morgan fingerprint density at radius 3 is 2.34 bits per heavy atom. The van der Waals surface area contributed by atoms with Crippen LogP contribution in [0.1, 0.15) is 84.0 Å². The lowest BCUT2D eigenvalue weighted by atomic mass is 9.89. The smallest absolute Gasteiger partial charge is 0.303 e. The molecule has 1 N–H and O–H groups in total. The van der Waals surface area contributed by atoms with Crippen LogP contribution in [0.3, 0.4) is 0 Å². The van der Waals surface area contributed by atoms with Gasteiger partial charge in [0.15, 0.2) is 8.32 Å². The van der Waals surface area contributed by atoms with Crippen molar-refractivity contribution in [1.82, 2.24) is 0 Å². The molecule has 0 amide bonds. The summed E-state index contributed by atoms with van der Waals surface area (Å²) in [5.74, 6) is -0.867. The molecule has 0 radical (unpaired) electrons. The van der Waals surface area contributed by atoms with E-state index in [1.54, 1.807) is 0 Å². The van der Waals surface area contributed by atoms with Crippen molar-refractivity contribution in [2.75, 3.05) is 0 Å². The predicted octanol–water partition coefficient (Wildman–Crippen LogP) is 6.99. The van der Waals surface area contributed by atoms with Gasteiger partial charge in [-0.2, -0.15) is 0 Å². The number of hydrogen-bond acceptors (Lipinski definition) is 3. The molecule has 0 aliphatic heterocycles. The molecule has 1 aliphatic rings. The van der Waals surface area contributed by atoms with E-state index in [0.29, 0.717) is 12.0 Å². The number of carbonyl (C=O) groups is 2. The molecule has 0 bridgehead atoms. The second-order valence-corrected chi connectivity index (χ2v) is 13.9. The lowest BCUT2D eigenvalue weighted by Gasteiger charge is -2.36. The zero-order valence-electron chi connectivity index (χ0n) is 18.7. The summed E-state index contributed by atoms with van der Waals surface area (Å²) in [6.45, 7) is 8.64. The van der Waals surface area contributed by atoms with Crippen molar-refractivity contribution in [3.63, 3.8) is 0 Å². The van der Waals surface area contributed by atoms with Crippen molar-refractivity contribution < 1.29 is 19.1 Å². The van der Waals surface area contributed by atoms with Crippen LogP contribution in [0.2, 0.25) is 19.6 Å². The number of Topliss-reactive ketones (excluding diaryl/α,β-unsaturated/α-hetero) is 1. The third-order valence-electron chi connectivity index (χ3n) is 5.11. The molecular weight excluding hydrogens is 404 g/mol. The monoisotopic (exact) mass is 442 g/mol. The third kappa shape index (κ3) is 9.62. The van der Waals surface area contributed by atoms with Crippen LogP contribution in [0.4, 0.5) is 0 Å². The van der Waals surface area contributed by atoms with Crippen molar-refractivity contribution in [3.05, 3.63) is 22.8 Å². The number of ketones is 1. The zero-order chi connectivity index (χ0) is 21.9. The van der Waals surface area contributed by atoms with Crippen LogP contribution in [0.5, 0.6) is 0 Å². The van der Waals surface area contributed by atoms with E-state index >= 15 is 0 Å². The lowest BCUT2D eigenvalue weighted by Crippen LogP contribution is -2.42. The van der Waals surface area contributed by atoms with Crippen molar-refractivity contribution in [2.45, 2.75) is 109 Å². The second kappa shape index (κ2) is 12.7. The van der Waals surface area contributed by atoms with Gasteiger partial charge in [0.05, 0.1) is 5.03 Å². The highest BCUT2D eigenvalue weighted by Crippen LogP contribution is 2.42. The molecule has 0 heterocycles. The molecular formula is C23H39ClO4Si. The second-order valence-electron chi connectivity index (χ2n) is 9.05. The fourth-order valence-corrected chi connectivity index (χ4v) is 5.48. The van der Waals surface area contributed by atoms with E-state index in [9.17, 15) is 9.59 Å². The van der Waals surface area contributed by atoms with Gasteiger partial charge in [0.1, 0.15) is 5.60 Å². The van der Waals surface area contributed by atoms with Gasteiger partial charge in [-0.25, -0.2) is 0 Å². The van der Waals surface area contributed by atoms with Gasteiger partial charge in [-0.3, -0.25) is 9.59 Å². The van der Waals surface area contributed by atoms with Gasteiger partial charge in [0, 0.05) is 12.0 Å². The molecule has 0 saturated carbocycles. The first kappa shape index (κ1) is 26.1. The molecule has 1 aliphatic carbocycles. The number of halogens is 1. The van der Waals surface area contributed by atoms with Crippen LogP contribution in [-0.4, -0.2) is 30.8 Å². The van der Waals surface area contributed by atoms with E-state index in [1.807, 2.05) is 12.2 Å². The first-order valence-electron chi connectivity index (χ1n) is 11.2. The molecule has 0 spiro atoms. The number of carboxylic acids is 1. The van der Waals surface area contributed by atoms with Gasteiger partial charge in [-0.15, -0.1) is 0 Å². The Hall–Kier alpha value is -0.913. The molecule has 0 saturated heterocycles. The predicted molar refractivity (Wildman–Crippen MR) is 123 cm³/mol. The molecule has 0 aromatic rings. The number of allylic oxidation sites excluding steroid dienone is 2. The minimum absolute atomic E-state index is 0.110. The summed E-state index contributed by atoms with van der Waals surface area (Å²) < 4.78 is 6.59. The molecule has 166 valence electrons. The molecule has 0 aromatic heterocycles. The molecule has 29 heavy (non-hydrogen) atoms.